The summed E-state index contributed by atoms with van der Waals surface area (Å²) in [7, 11) is 0. The summed E-state index contributed by atoms with van der Waals surface area (Å²) < 4.78 is 1.66. The van der Waals surface area contributed by atoms with E-state index in [2.05, 4.69) is 22.6 Å². The van der Waals surface area contributed by atoms with Crippen LogP contribution in [0.1, 0.15) is 42.2 Å². The molecule has 2 aromatic rings. The molecule has 0 saturated carbocycles. The second kappa shape index (κ2) is 8.29. The zero-order valence-corrected chi connectivity index (χ0v) is 12.9. The molecule has 1 aromatic heterocycles. The fraction of sp³-hybridized carbons (Fsp3) is 0.438. The molecule has 1 atom stereocenters. The van der Waals surface area contributed by atoms with Gasteiger partial charge >= 0.3 is 0 Å². The van der Waals surface area contributed by atoms with Crippen LogP contribution in [-0.4, -0.2) is 33.5 Å². The summed E-state index contributed by atoms with van der Waals surface area (Å²) in [5.74, 6) is -0.217. The van der Waals surface area contributed by atoms with Gasteiger partial charge in [-0.3, -0.25) is 4.79 Å². The first-order valence-corrected chi connectivity index (χ1v) is 7.68. The van der Waals surface area contributed by atoms with Crippen LogP contribution in [0.15, 0.2) is 36.5 Å². The number of carbonyl (C=O) groups is 1. The van der Waals surface area contributed by atoms with Crippen LogP contribution in [0.25, 0.3) is 0 Å². The summed E-state index contributed by atoms with van der Waals surface area (Å²) in [5.41, 5.74) is 7.13. The molecular formula is C16H23N5O. The molecular weight excluding hydrogens is 278 g/mol. The number of aromatic nitrogens is 3. The van der Waals surface area contributed by atoms with Gasteiger partial charge in [-0.05, 0) is 12.0 Å². The zero-order valence-electron chi connectivity index (χ0n) is 12.9. The Kier molecular flexibility index (Phi) is 6.09. The highest BCUT2D eigenvalue weighted by Crippen LogP contribution is 2.04. The Bertz CT molecular complexity index is 581. The maximum atomic E-state index is 12.2. The van der Waals surface area contributed by atoms with Crippen molar-refractivity contribution in [2.24, 2.45) is 5.73 Å². The number of rotatable bonds is 8. The smallest absolute Gasteiger partial charge is 0.273 e. The molecule has 1 amide bonds. The monoisotopic (exact) mass is 301 g/mol. The molecule has 0 aliphatic heterocycles. The summed E-state index contributed by atoms with van der Waals surface area (Å²) in [6, 6.07) is 9.92. The maximum Gasteiger partial charge on any atom is 0.273 e. The Labute approximate surface area is 130 Å². The van der Waals surface area contributed by atoms with E-state index >= 15 is 0 Å². The van der Waals surface area contributed by atoms with E-state index in [0.717, 1.165) is 24.8 Å². The van der Waals surface area contributed by atoms with Crippen LogP contribution in [0.2, 0.25) is 0 Å². The number of nitrogens with one attached hydrogen (secondary N) is 1. The molecule has 1 heterocycles. The number of nitrogens with two attached hydrogens (primary N) is 1. The van der Waals surface area contributed by atoms with Crippen molar-refractivity contribution in [1.29, 1.82) is 0 Å². The van der Waals surface area contributed by atoms with E-state index in [-0.39, 0.29) is 11.9 Å². The van der Waals surface area contributed by atoms with E-state index in [1.807, 2.05) is 30.3 Å². The molecule has 118 valence electrons. The Morgan fingerprint density at radius 3 is 2.82 bits per heavy atom. The normalized spacial score (nSPS) is 12.1. The summed E-state index contributed by atoms with van der Waals surface area (Å²) in [6.07, 6.45) is 4.68. The van der Waals surface area contributed by atoms with Gasteiger partial charge in [0.05, 0.1) is 12.7 Å². The van der Waals surface area contributed by atoms with E-state index in [4.69, 9.17) is 5.73 Å². The van der Waals surface area contributed by atoms with Crippen molar-refractivity contribution in [3.63, 3.8) is 0 Å². The molecule has 1 unspecified atom stereocenters. The molecule has 0 saturated heterocycles. The molecule has 0 spiro atoms. The third-order valence-corrected chi connectivity index (χ3v) is 3.48. The predicted molar refractivity (Wildman–Crippen MR) is 85.4 cm³/mol. The van der Waals surface area contributed by atoms with Crippen molar-refractivity contribution in [3.8, 4) is 0 Å². The average Bonchev–Trinajstić information content (AvgIpc) is 3.01. The van der Waals surface area contributed by atoms with Crippen LogP contribution in [0.4, 0.5) is 0 Å². The lowest BCUT2D eigenvalue weighted by Crippen LogP contribution is -2.40. The Morgan fingerprint density at radius 2 is 2.14 bits per heavy atom. The lowest BCUT2D eigenvalue weighted by Gasteiger charge is -2.15. The summed E-state index contributed by atoms with van der Waals surface area (Å²) in [5, 5.41) is 10.9. The highest BCUT2D eigenvalue weighted by atomic mass is 16.2. The van der Waals surface area contributed by atoms with Crippen molar-refractivity contribution in [1.82, 2.24) is 20.3 Å². The second-order valence-electron chi connectivity index (χ2n) is 5.34. The fourth-order valence-electron chi connectivity index (χ4n) is 2.21. The van der Waals surface area contributed by atoms with Crippen LogP contribution in [0.3, 0.4) is 0 Å². The molecule has 0 fully saturated rings. The molecule has 0 bridgehead atoms. The minimum atomic E-state index is -0.217. The first-order valence-electron chi connectivity index (χ1n) is 7.68. The minimum absolute atomic E-state index is 0.00766. The molecule has 0 radical (unpaired) electrons. The zero-order chi connectivity index (χ0) is 15.8. The highest BCUT2D eigenvalue weighted by Gasteiger charge is 2.15. The molecule has 22 heavy (non-hydrogen) atoms. The van der Waals surface area contributed by atoms with E-state index in [0.29, 0.717) is 18.8 Å². The molecule has 1 aromatic carbocycles. The van der Waals surface area contributed by atoms with Crippen molar-refractivity contribution in [2.75, 3.05) is 6.54 Å². The van der Waals surface area contributed by atoms with Gasteiger partial charge < -0.3 is 11.1 Å². The Morgan fingerprint density at radius 1 is 1.36 bits per heavy atom. The number of carbonyl (C=O) groups excluding carboxylic acids is 1. The van der Waals surface area contributed by atoms with Crippen LogP contribution in [0.5, 0.6) is 0 Å². The lowest BCUT2D eigenvalue weighted by atomic mass is 10.1. The van der Waals surface area contributed by atoms with Gasteiger partial charge in [0.15, 0.2) is 5.69 Å². The first-order chi connectivity index (χ1) is 10.7. The van der Waals surface area contributed by atoms with E-state index in [9.17, 15) is 4.79 Å². The standard InChI is InChI=1S/C16H23N5O/c1-2-3-9-14(10-17)18-16(22)15-12-21(20-19-15)11-13-7-5-4-6-8-13/h4-8,12,14H,2-3,9-11,17H2,1H3,(H,18,22). The number of nitrogens with zero attached hydrogens (tertiary/aromatic N) is 3. The number of unbranched alkanes of at least 4 members (excludes halogenated alkanes) is 1. The first kappa shape index (κ1) is 16.2. The minimum Gasteiger partial charge on any atom is -0.347 e. The predicted octanol–water partition coefficient (Wildman–Crippen LogP) is 1.57. The number of hydrogen-bond donors (Lipinski definition) is 2. The van der Waals surface area contributed by atoms with Crippen molar-refractivity contribution in [2.45, 2.75) is 38.8 Å². The largest absolute Gasteiger partial charge is 0.347 e. The van der Waals surface area contributed by atoms with Gasteiger partial charge in [0, 0.05) is 12.6 Å². The third kappa shape index (κ3) is 4.66. The number of amides is 1. The molecule has 2 rings (SSSR count). The van der Waals surface area contributed by atoms with E-state index in [1.165, 1.54) is 0 Å². The second-order valence-corrected chi connectivity index (χ2v) is 5.34. The van der Waals surface area contributed by atoms with Gasteiger partial charge in [-0.1, -0.05) is 55.3 Å². The number of benzene rings is 1. The quantitative estimate of drug-likeness (QED) is 0.775. The lowest BCUT2D eigenvalue weighted by molar-refractivity contribution is 0.0930. The topological polar surface area (TPSA) is 85.8 Å². The number of hydrogen-bond acceptors (Lipinski definition) is 4. The maximum absolute atomic E-state index is 12.2. The van der Waals surface area contributed by atoms with E-state index < -0.39 is 0 Å². The van der Waals surface area contributed by atoms with E-state index in [1.54, 1.807) is 10.9 Å². The van der Waals surface area contributed by atoms with Gasteiger partial charge in [0.2, 0.25) is 0 Å². The third-order valence-electron chi connectivity index (χ3n) is 3.48. The van der Waals surface area contributed by atoms with Gasteiger partial charge in [0.25, 0.3) is 5.91 Å². The van der Waals surface area contributed by atoms with Crippen molar-refractivity contribution >= 4 is 5.91 Å². The fourth-order valence-corrected chi connectivity index (χ4v) is 2.21. The molecule has 6 nitrogen and oxygen atoms in total. The van der Waals surface area contributed by atoms with Crippen molar-refractivity contribution in [3.05, 3.63) is 47.8 Å². The van der Waals surface area contributed by atoms with Gasteiger partial charge in [0.1, 0.15) is 0 Å². The Balaban J connectivity index is 1.94. The summed E-state index contributed by atoms with van der Waals surface area (Å²) in [6.45, 7) is 3.14. The van der Waals surface area contributed by atoms with Crippen molar-refractivity contribution < 1.29 is 4.79 Å². The van der Waals surface area contributed by atoms with Crippen LogP contribution < -0.4 is 11.1 Å². The molecule has 0 aliphatic rings. The summed E-state index contributed by atoms with van der Waals surface area (Å²) >= 11 is 0. The molecule has 3 N–H and O–H groups in total. The highest BCUT2D eigenvalue weighted by molar-refractivity contribution is 5.92. The van der Waals surface area contributed by atoms with Crippen LogP contribution in [-0.2, 0) is 6.54 Å². The molecule has 0 aliphatic carbocycles. The molecule has 6 heteroatoms. The summed E-state index contributed by atoms with van der Waals surface area (Å²) in [4.78, 5) is 12.2. The van der Waals surface area contributed by atoms with Crippen LogP contribution in [0, 0.1) is 0 Å². The SMILES string of the molecule is CCCCC(CN)NC(=O)c1cn(Cc2ccccc2)nn1. The van der Waals surface area contributed by atoms with Gasteiger partial charge in [-0.2, -0.15) is 0 Å². The van der Waals surface area contributed by atoms with Crippen LogP contribution >= 0.6 is 0 Å². The average molecular weight is 301 g/mol. The van der Waals surface area contributed by atoms with Gasteiger partial charge in [-0.15, -0.1) is 5.10 Å². The van der Waals surface area contributed by atoms with Gasteiger partial charge in [-0.25, -0.2) is 4.68 Å². The Hall–Kier alpha value is -2.21.